The van der Waals surface area contributed by atoms with E-state index in [1.807, 2.05) is 72.8 Å². The van der Waals surface area contributed by atoms with E-state index in [2.05, 4.69) is 39.8 Å². The molecule has 26 nitrogen and oxygen atoms in total. The fraction of sp³-hybridized carbons (Fsp3) is 0.298. The van der Waals surface area contributed by atoms with E-state index < -0.39 is 17.5 Å². The number of piperazine rings is 2. The first-order valence-corrected chi connectivity index (χ1v) is 26.8. The fourth-order valence-electron chi connectivity index (χ4n) is 9.63. The van der Waals surface area contributed by atoms with Crippen LogP contribution in [0.2, 0.25) is 0 Å². The molecule has 0 spiro atoms. The molecule has 4 aromatic carbocycles. The lowest BCUT2D eigenvalue weighted by Gasteiger charge is -2.36. The summed E-state index contributed by atoms with van der Waals surface area (Å²) in [4.78, 5) is 82.3. The number of phenolic OH excluding ortho intramolecular Hbond substituents is 2. The Morgan fingerprint density at radius 1 is 0.542 bits per heavy atom. The molecule has 0 unspecified atom stereocenters. The van der Waals surface area contributed by atoms with Gasteiger partial charge in [0.05, 0.1) is 55.6 Å². The van der Waals surface area contributed by atoms with Crippen LogP contribution < -0.4 is 25.3 Å². The Hall–Kier alpha value is -10.2. The van der Waals surface area contributed by atoms with Gasteiger partial charge in [-0.15, -0.1) is 0 Å². The minimum Gasteiger partial charge on any atom is -0.508 e. The molecule has 26 heteroatoms. The van der Waals surface area contributed by atoms with Crippen molar-refractivity contribution in [2.45, 2.75) is 52.3 Å². The topological polar surface area (TPSA) is 320 Å². The number of carbonyl (C=O) groups excluding carboxylic acids is 2. The first-order valence-electron chi connectivity index (χ1n) is 26.8. The van der Waals surface area contributed by atoms with Gasteiger partial charge in [0.2, 0.25) is 11.9 Å². The molecule has 2 fully saturated rings. The fourth-order valence-corrected chi connectivity index (χ4v) is 9.63. The third-order valence-electron chi connectivity index (χ3n) is 13.6. The van der Waals surface area contributed by atoms with Crippen LogP contribution >= 0.6 is 0 Å². The smallest absolute Gasteiger partial charge is 0.323 e. The van der Waals surface area contributed by atoms with Crippen LogP contribution in [0.5, 0.6) is 11.5 Å². The standard InChI is InChI=1S/C27H26N8O4.C24H22N8O3.C6H13NO2/c36-20-7-5-19(6-8-20)32-11-13-33(14-12-32)27-30-25-24(28-17-34(25)16-21(37)9-10-23(38)39)26(31-27)35-22-4-2-1-3-18(22)15-29-35;33-18-7-5-17(6-8-18)29-9-11-30(12-10-29)24-27-22-21(25-15-31(22)14-20(34)35)23(28-24)32-19-4-2-1-3-16(19)13-26-32;1-6(2,3)9-5(8)4-7/h1-8,15,17,36H,9-14,16H2,(H,38,39);1-8,13,15,33H,9-12,14H2,(H,34,35);4,7H2,1-3H3. The SMILES string of the molecule is CC(C)(C)OC(=O)CN.O=C(O)CCC(=O)Cn1cnc2c(-n3ncc4ccccc43)nc(N3CCN(c4ccc(O)cc4)CC3)nc21.O=C(O)Cn1cnc2c(-n3ncc4ccccc43)nc(N3CCN(c4ccc(O)cc4)CC3)nc21. The zero-order valence-electron chi connectivity index (χ0n) is 45.8. The maximum absolute atomic E-state index is 12.5. The lowest BCUT2D eigenvalue weighted by Crippen LogP contribution is -2.47. The molecule has 0 aliphatic carbocycles. The van der Waals surface area contributed by atoms with Crippen molar-refractivity contribution in [3.63, 3.8) is 0 Å². The van der Waals surface area contributed by atoms with Crippen molar-refractivity contribution < 1.29 is 44.3 Å². The minimum atomic E-state index is -1.01. The highest BCUT2D eigenvalue weighted by Gasteiger charge is 2.27. The van der Waals surface area contributed by atoms with E-state index >= 15 is 0 Å². The number of phenols is 2. The molecular weight excluding hydrogens is 1070 g/mol. The number of rotatable bonds is 14. The quantitative estimate of drug-likeness (QED) is 0.0874. The predicted molar refractivity (Wildman–Crippen MR) is 309 cm³/mol. The lowest BCUT2D eigenvalue weighted by atomic mass is 10.2. The summed E-state index contributed by atoms with van der Waals surface area (Å²) in [5.74, 6) is -0.0627. The molecular formula is C57H61N17O9. The largest absolute Gasteiger partial charge is 0.508 e. The van der Waals surface area contributed by atoms with E-state index in [-0.39, 0.29) is 55.7 Å². The Labute approximate surface area is 474 Å². The van der Waals surface area contributed by atoms with Crippen molar-refractivity contribution in [3.8, 4) is 23.1 Å². The number of carbonyl (C=O) groups is 4. The van der Waals surface area contributed by atoms with Gasteiger partial charge in [0, 0.05) is 80.9 Å². The third-order valence-corrected chi connectivity index (χ3v) is 13.6. The molecule has 0 atom stereocenters. The highest BCUT2D eigenvalue weighted by Crippen LogP contribution is 2.30. The molecule has 0 radical (unpaired) electrons. The number of para-hydroxylation sites is 2. The Morgan fingerprint density at radius 3 is 1.36 bits per heavy atom. The van der Waals surface area contributed by atoms with E-state index in [1.165, 1.54) is 10.9 Å². The van der Waals surface area contributed by atoms with E-state index in [0.717, 1.165) is 59.4 Å². The third kappa shape index (κ3) is 13.0. The molecule has 12 rings (SSSR count). The van der Waals surface area contributed by atoms with Crippen molar-refractivity contribution >= 4 is 91.1 Å². The average Bonchev–Trinajstić information content (AvgIpc) is 3.17. The van der Waals surface area contributed by atoms with Crippen molar-refractivity contribution in [1.82, 2.24) is 58.6 Å². The molecule has 10 aromatic rings. The summed E-state index contributed by atoms with van der Waals surface area (Å²) in [5.41, 5.74) is 10.4. The number of aliphatic carboxylic acids is 2. The lowest BCUT2D eigenvalue weighted by molar-refractivity contribution is -0.153. The Morgan fingerprint density at radius 2 is 0.964 bits per heavy atom. The van der Waals surface area contributed by atoms with Gasteiger partial charge in [-0.1, -0.05) is 36.4 Å². The van der Waals surface area contributed by atoms with Gasteiger partial charge < -0.3 is 59.6 Å². The number of carboxylic acids is 2. The van der Waals surface area contributed by atoms with Crippen LogP contribution in [0.4, 0.5) is 23.3 Å². The number of fused-ring (bicyclic) bond motifs is 4. The number of aromatic nitrogens is 12. The number of hydrogen-bond donors (Lipinski definition) is 5. The number of aromatic hydroxyl groups is 2. The minimum absolute atomic E-state index is 0.0336. The van der Waals surface area contributed by atoms with Crippen LogP contribution in [0.1, 0.15) is 33.6 Å². The van der Waals surface area contributed by atoms with Crippen molar-refractivity contribution in [3.05, 3.63) is 122 Å². The number of esters is 1. The molecule has 2 aliphatic heterocycles. The molecule has 0 amide bonds. The number of carboxylic acid groups (broad SMARTS) is 2. The van der Waals surface area contributed by atoms with Crippen molar-refractivity contribution in [2.75, 3.05) is 78.5 Å². The van der Waals surface area contributed by atoms with E-state index in [0.29, 0.717) is 72.0 Å². The Kier molecular flexibility index (Phi) is 16.4. The number of benzene rings is 4. The summed E-state index contributed by atoms with van der Waals surface area (Å²) in [6.07, 6.45) is 6.28. The van der Waals surface area contributed by atoms with E-state index in [9.17, 15) is 34.5 Å². The zero-order valence-corrected chi connectivity index (χ0v) is 45.8. The number of nitrogens with zero attached hydrogens (tertiary/aromatic N) is 16. The van der Waals surface area contributed by atoms with Gasteiger partial charge in [0.15, 0.2) is 39.7 Å². The van der Waals surface area contributed by atoms with Gasteiger partial charge >= 0.3 is 17.9 Å². The van der Waals surface area contributed by atoms with Crippen LogP contribution in [0.15, 0.2) is 122 Å². The van der Waals surface area contributed by atoms with Gasteiger partial charge in [-0.05, 0) is 81.4 Å². The maximum Gasteiger partial charge on any atom is 0.323 e. The molecule has 2 saturated heterocycles. The second-order valence-corrected chi connectivity index (χ2v) is 20.6. The van der Waals surface area contributed by atoms with Gasteiger partial charge in [0.1, 0.15) is 23.6 Å². The summed E-state index contributed by atoms with van der Waals surface area (Å²) in [6.45, 7) is 10.7. The monoisotopic (exact) mass is 1130 g/mol. The Bertz CT molecular complexity index is 3950. The van der Waals surface area contributed by atoms with Gasteiger partial charge in [-0.25, -0.2) is 19.3 Å². The number of ether oxygens (including phenoxy) is 1. The molecule has 8 heterocycles. The number of nitrogens with two attached hydrogens (primary N) is 1. The van der Waals surface area contributed by atoms with Crippen LogP contribution in [-0.2, 0) is 37.0 Å². The van der Waals surface area contributed by atoms with Gasteiger partial charge in [-0.3, -0.25) is 19.2 Å². The molecule has 428 valence electrons. The molecule has 83 heavy (non-hydrogen) atoms. The zero-order chi connectivity index (χ0) is 58.4. The van der Waals surface area contributed by atoms with E-state index in [4.69, 9.17) is 35.5 Å². The second kappa shape index (κ2) is 24.2. The maximum atomic E-state index is 12.5. The van der Waals surface area contributed by atoms with Gasteiger partial charge in [-0.2, -0.15) is 30.1 Å². The van der Waals surface area contributed by atoms with Crippen LogP contribution in [0.25, 0.3) is 55.8 Å². The highest BCUT2D eigenvalue weighted by molar-refractivity contribution is 5.89. The molecule has 2 aliphatic rings. The normalized spacial score (nSPS) is 13.7. The number of hydrogen-bond acceptors (Lipinski definition) is 20. The first kappa shape index (κ1) is 56.1. The first-order chi connectivity index (χ1) is 40.0. The number of imidazole rings is 2. The summed E-state index contributed by atoms with van der Waals surface area (Å²) in [6, 6.07) is 29.9. The summed E-state index contributed by atoms with van der Waals surface area (Å²) < 4.78 is 11.5. The van der Waals surface area contributed by atoms with Crippen molar-refractivity contribution in [2.24, 2.45) is 5.73 Å². The number of ketones is 1. The molecule has 6 N–H and O–H groups in total. The summed E-state index contributed by atoms with van der Waals surface area (Å²) in [5, 5.41) is 48.5. The predicted octanol–water partition coefficient (Wildman–Crippen LogP) is 5.20. The molecule has 0 bridgehead atoms. The number of anilines is 4. The summed E-state index contributed by atoms with van der Waals surface area (Å²) in [7, 11) is 0. The second-order valence-electron chi connectivity index (χ2n) is 20.6. The molecule has 6 aromatic heterocycles. The van der Waals surface area contributed by atoms with Gasteiger partial charge in [0.25, 0.3) is 0 Å². The number of Topliss-reactive ketones (excluding diaryl/α,β-unsaturated/α-hetero) is 1. The molecule has 0 saturated carbocycles. The average molecular weight is 1130 g/mol. The van der Waals surface area contributed by atoms with E-state index in [1.54, 1.807) is 77.7 Å². The van der Waals surface area contributed by atoms with Crippen LogP contribution in [0, 0.1) is 0 Å². The highest BCUT2D eigenvalue weighted by atomic mass is 16.6. The summed E-state index contributed by atoms with van der Waals surface area (Å²) >= 11 is 0. The Balaban J connectivity index is 0.000000162. The van der Waals surface area contributed by atoms with Crippen LogP contribution in [-0.4, -0.2) is 167 Å². The van der Waals surface area contributed by atoms with Crippen molar-refractivity contribution in [1.29, 1.82) is 0 Å². The van der Waals surface area contributed by atoms with Crippen LogP contribution in [0.3, 0.4) is 0 Å².